The van der Waals surface area contributed by atoms with E-state index in [-0.39, 0.29) is 5.91 Å². The van der Waals surface area contributed by atoms with Gasteiger partial charge in [-0.1, -0.05) is 0 Å². The first kappa shape index (κ1) is 11.5. The van der Waals surface area contributed by atoms with E-state index in [1.807, 2.05) is 7.05 Å². The zero-order valence-corrected chi connectivity index (χ0v) is 8.58. The molecule has 0 atom stereocenters. The standard InChI is InChI=1S/C10H14N2O3/c1-11-5-2-6-12-10(14)8-3-4-9(13)15-7-8/h3-4,7,11H,2,5-6H2,1H3,(H,12,14). The highest BCUT2D eigenvalue weighted by molar-refractivity contribution is 5.93. The Morgan fingerprint density at radius 1 is 1.40 bits per heavy atom. The molecule has 0 aliphatic carbocycles. The second-order valence-electron chi connectivity index (χ2n) is 3.06. The quantitative estimate of drug-likeness (QED) is 0.670. The van der Waals surface area contributed by atoms with Gasteiger partial charge in [-0.2, -0.15) is 0 Å². The van der Waals surface area contributed by atoms with Crippen molar-refractivity contribution in [1.82, 2.24) is 10.6 Å². The number of hydrogen-bond donors (Lipinski definition) is 2. The van der Waals surface area contributed by atoms with Crippen molar-refractivity contribution in [2.75, 3.05) is 20.1 Å². The Balaban J connectivity index is 2.40. The molecule has 1 aromatic rings. The second-order valence-corrected chi connectivity index (χ2v) is 3.06. The van der Waals surface area contributed by atoms with Gasteiger partial charge in [0.05, 0.1) is 5.56 Å². The predicted molar refractivity (Wildman–Crippen MR) is 55.9 cm³/mol. The molecule has 1 aromatic heterocycles. The molecule has 0 aromatic carbocycles. The van der Waals surface area contributed by atoms with Crippen molar-refractivity contribution in [1.29, 1.82) is 0 Å². The van der Waals surface area contributed by atoms with Crippen LogP contribution >= 0.6 is 0 Å². The molecule has 0 radical (unpaired) electrons. The summed E-state index contributed by atoms with van der Waals surface area (Å²) in [6.07, 6.45) is 2.02. The molecule has 0 bridgehead atoms. The molecule has 0 aliphatic heterocycles. The van der Waals surface area contributed by atoms with Crippen LogP contribution in [0.4, 0.5) is 0 Å². The monoisotopic (exact) mass is 210 g/mol. The summed E-state index contributed by atoms with van der Waals surface area (Å²) in [7, 11) is 1.85. The normalized spacial score (nSPS) is 9.93. The molecule has 0 fully saturated rings. The second kappa shape index (κ2) is 5.98. The third-order valence-electron chi connectivity index (χ3n) is 1.85. The van der Waals surface area contributed by atoms with E-state index in [1.54, 1.807) is 0 Å². The maximum Gasteiger partial charge on any atom is 0.335 e. The molecular weight excluding hydrogens is 196 g/mol. The van der Waals surface area contributed by atoms with Crippen LogP contribution in [0, 0.1) is 0 Å². The van der Waals surface area contributed by atoms with Crippen molar-refractivity contribution in [3.8, 4) is 0 Å². The third-order valence-corrected chi connectivity index (χ3v) is 1.85. The topological polar surface area (TPSA) is 71.3 Å². The predicted octanol–water partition coefficient (Wildman–Crippen LogP) is -0.0209. The lowest BCUT2D eigenvalue weighted by molar-refractivity contribution is 0.0951. The zero-order chi connectivity index (χ0) is 11.1. The molecule has 15 heavy (non-hydrogen) atoms. The van der Waals surface area contributed by atoms with Crippen LogP contribution < -0.4 is 16.3 Å². The summed E-state index contributed by atoms with van der Waals surface area (Å²) >= 11 is 0. The van der Waals surface area contributed by atoms with Crippen LogP contribution in [0.1, 0.15) is 16.8 Å². The lowest BCUT2D eigenvalue weighted by atomic mass is 10.3. The average molecular weight is 210 g/mol. The summed E-state index contributed by atoms with van der Waals surface area (Å²) in [5.41, 5.74) is -0.0965. The Bertz CT molecular complexity index is 353. The minimum absolute atomic E-state index is 0.227. The van der Waals surface area contributed by atoms with E-state index in [4.69, 9.17) is 0 Å². The summed E-state index contributed by atoms with van der Waals surface area (Å²) in [5, 5.41) is 5.69. The highest BCUT2D eigenvalue weighted by atomic mass is 16.4. The summed E-state index contributed by atoms with van der Waals surface area (Å²) in [6.45, 7) is 1.45. The summed E-state index contributed by atoms with van der Waals surface area (Å²) < 4.78 is 4.58. The molecule has 1 rings (SSSR count). The van der Waals surface area contributed by atoms with E-state index in [9.17, 15) is 9.59 Å². The highest BCUT2D eigenvalue weighted by Crippen LogP contribution is 1.94. The Kier molecular flexibility index (Phi) is 4.56. The van der Waals surface area contributed by atoms with Crippen LogP contribution in [0.2, 0.25) is 0 Å². The van der Waals surface area contributed by atoms with Crippen molar-refractivity contribution in [2.45, 2.75) is 6.42 Å². The first-order valence-electron chi connectivity index (χ1n) is 4.75. The van der Waals surface area contributed by atoms with E-state index in [2.05, 4.69) is 15.1 Å². The van der Waals surface area contributed by atoms with Gasteiger partial charge in [-0.15, -0.1) is 0 Å². The minimum Gasteiger partial charge on any atom is -0.430 e. The first-order chi connectivity index (χ1) is 7.24. The van der Waals surface area contributed by atoms with E-state index < -0.39 is 5.63 Å². The largest absolute Gasteiger partial charge is 0.430 e. The van der Waals surface area contributed by atoms with Crippen LogP contribution in [-0.4, -0.2) is 26.0 Å². The van der Waals surface area contributed by atoms with Gasteiger partial charge in [0.1, 0.15) is 6.26 Å². The first-order valence-corrected chi connectivity index (χ1v) is 4.75. The van der Waals surface area contributed by atoms with Gasteiger partial charge in [-0.3, -0.25) is 4.79 Å². The van der Waals surface area contributed by atoms with Crippen LogP contribution in [-0.2, 0) is 0 Å². The van der Waals surface area contributed by atoms with Gasteiger partial charge >= 0.3 is 5.63 Å². The summed E-state index contributed by atoms with van der Waals surface area (Å²) in [4.78, 5) is 22.1. The van der Waals surface area contributed by atoms with Crippen molar-refractivity contribution >= 4 is 5.91 Å². The molecular formula is C10H14N2O3. The number of carbonyl (C=O) groups is 1. The maximum atomic E-state index is 11.4. The molecule has 1 heterocycles. The molecule has 0 unspecified atom stereocenters. The molecule has 5 heteroatoms. The fraction of sp³-hybridized carbons (Fsp3) is 0.400. The number of rotatable bonds is 5. The van der Waals surface area contributed by atoms with Crippen molar-refractivity contribution < 1.29 is 9.21 Å². The molecule has 0 aliphatic rings. The molecule has 5 nitrogen and oxygen atoms in total. The van der Waals surface area contributed by atoms with Gasteiger partial charge in [-0.05, 0) is 26.1 Å². The summed E-state index contributed by atoms with van der Waals surface area (Å²) in [5.74, 6) is -0.227. The van der Waals surface area contributed by atoms with Gasteiger partial charge in [-0.25, -0.2) is 4.79 Å². The average Bonchev–Trinajstić information content (AvgIpc) is 2.25. The van der Waals surface area contributed by atoms with Crippen LogP contribution in [0.3, 0.4) is 0 Å². The van der Waals surface area contributed by atoms with E-state index >= 15 is 0 Å². The highest BCUT2D eigenvalue weighted by Gasteiger charge is 2.04. The van der Waals surface area contributed by atoms with Crippen LogP contribution in [0.15, 0.2) is 27.6 Å². The van der Waals surface area contributed by atoms with Crippen molar-refractivity contribution in [3.05, 3.63) is 34.4 Å². The fourth-order valence-electron chi connectivity index (χ4n) is 1.06. The summed E-state index contributed by atoms with van der Waals surface area (Å²) in [6, 6.07) is 2.67. The number of carbonyl (C=O) groups excluding carboxylic acids is 1. The molecule has 0 saturated carbocycles. The molecule has 0 spiro atoms. The van der Waals surface area contributed by atoms with Gasteiger partial charge < -0.3 is 15.1 Å². The van der Waals surface area contributed by atoms with Crippen molar-refractivity contribution in [3.63, 3.8) is 0 Å². The fourth-order valence-corrected chi connectivity index (χ4v) is 1.06. The van der Waals surface area contributed by atoms with Gasteiger partial charge in [0.25, 0.3) is 5.91 Å². The van der Waals surface area contributed by atoms with E-state index in [0.29, 0.717) is 12.1 Å². The number of nitrogens with one attached hydrogen (secondary N) is 2. The van der Waals surface area contributed by atoms with Crippen LogP contribution in [0.5, 0.6) is 0 Å². The maximum absolute atomic E-state index is 11.4. The van der Waals surface area contributed by atoms with Crippen molar-refractivity contribution in [2.24, 2.45) is 0 Å². The molecule has 82 valence electrons. The minimum atomic E-state index is -0.457. The lowest BCUT2D eigenvalue weighted by Crippen LogP contribution is -2.26. The van der Waals surface area contributed by atoms with E-state index in [0.717, 1.165) is 19.2 Å². The molecule has 0 saturated heterocycles. The zero-order valence-electron chi connectivity index (χ0n) is 8.58. The third kappa shape index (κ3) is 3.95. The van der Waals surface area contributed by atoms with Gasteiger partial charge in [0.15, 0.2) is 0 Å². The Hall–Kier alpha value is -1.62. The Morgan fingerprint density at radius 2 is 2.20 bits per heavy atom. The van der Waals surface area contributed by atoms with Gasteiger partial charge in [0.2, 0.25) is 0 Å². The van der Waals surface area contributed by atoms with Gasteiger partial charge in [0, 0.05) is 12.6 Å². The Labute approximate surface area is 87.5 Å². The molecule has 1 amide bonds. The Morgan fingerprint density at radius 3 is 2.80 bits per heavy atom. The lowest BCUT2D eigenvalue weighted by Gasteiger charge is -2.03. The smallest absolute Gasteiger partial charge is 0.335 e. The van der Waals surface area contributed by atoms with E-state index in [1.165, 1.54) is 12.1 Å². The number of amides is 1. The van der Waals surface area contributed by atoms with Crippen LogP contribution in [0.25, 0.3) is 0 Å². The SMILES string of the molecule is CNCCCNC(=O)c1ccc(=O)oc1. The molecule has 2 N–H and O–H groups in total. The number of hydrogen-bond acceptors (Lipinski definition) is 4.